The Balaban J connectivity index is 4.43. The first-order valence-corrected chi connectivity index (χ1v) is 4.33. The van der Waals surface area contributed by atoms with Crippen molar-refractivity contribution in [3.05, 3.63) is 36.1 Å². The van der Waals surface area contributed by atoms with Crippen LogP contribution in [0.1, 0.15) is 33.1 Å². The lowest BCUT2D eigenvalue weighted by atomic mass is 10.0. The van der Waals surface area contributed by atoms with Crippen molar-refractivity contribution in [2.24, 2.45) is 0 Å². The molecule has 0 aromatic carbocycles. The summed E-state index contributed by atoms with van der Waals surface area (Å²) in [6.07, 6.45) is 4.86. The van der Waals surface area contributed by atoms with Gasteiger partial charge in [0.25, 0.3) is 0 Å². The normalized spacial score (nSPS) is 12.2. The molecule has 0 heterocycles. The largest absolute Gasteiger partial charge is 0.508 e. The second-order valence-electron chi connectivity index (χ2n) is 2.92. The van der Waals surface area contributed by atoms with E-state index in [0.29, 0.717) is 0 Å². The van der Waals surface area contributed by atoms with Gasteiger partial charge in [0.15, 0.2) is 0 Å². The Hall–Kier alpha value is -0.980. The summed E-state index contributed by atoms with van der Waals surface area (Å²) in [5.41, 5.74) is 1.96. The minimum absolute atomic E-state index is 0.181. The predicted octanol–water partition coefficient (Wildman–Crippen LogP) is 3.75. The van der Waals surface area contributed by atoms with E-state index < -0.39 is 0 Å². The van der Waals surface area contributed by atoms with Crippen LogP contribution in [0.25, 0.3) is 0 Å². The van der Waals surface area contributed by atoms with E-state index in [-0.39, 0.29) is 5.76 Å². The number of unbranched alkanes of at least 4 members (excludes halogenated alkanes) is 1. The Labute approximate surface area is 75.1 Å². The lowest BCUT2D eigenvalue weighted by Gasteiger charge is -2.07. The molecule has 68 valence electrons. The van der Waals surface area contributed by atoms with Crippen LogP contribution in [0.5, 0.6) is 0 Å². The Morgan fingerprint density at radius 2 is 2.08 bits per heavy atom. The van der Waals surface area contributed by atoms with Gasteiger partial charge >= 0.3 is 0 Å². The second kappa shape index (κ2) is 5.64. The molecule has 0 radical (unpaired) electrons. The molecule has 0 aromatic heterocycles. The van der Waals surface area contributed by atoms with Gasteiger partial charge < -0.3 is 5.11 Å². The molecule has 1 nitrogen and oxygen atoms in total. The van der Waals surface area contributed by atoms with Crippen molar-refractivity contribution in [1.29, 1.82) is 0 Å². The second-order valence-corrected chi connectivity index (χ2v) is 2.92. The van der Waals surface area contributed by atoms with Crippen LogP contribution in [0.4, 0.5) is 0 Å². The van der Waals surface area contributed by atoms with Crippen molar-refractivity contribution in [3.8, 4) is 0 Å². The lowest BCUT2D eigenvalue weighted by molar-refractivity contribution is 0.419. The maximum Gasteiger partial charge on any atom is 0.111 e. The number of aliphatic hydroxyl groups is 1. The molecule has 12 heavy (non-hydrogen) atoms. The van der Waals surface area contributed by atoms with Crippen molar-refractivity contribution in [3.63, 3.8) is 0 Å². The third-order valence-corrected chi connectivity index (χ3v) is 1.91. The molecule has 0 atom stereocenters. The van der Waals surface area contributed by atoms with Gasteiger partial charge in [-0.3, -0.25) is 0 Å². The number of rotatable bonds is 5. The quantitative estimate of drug-likeness (QED) is 0.487. The van der Waals surface area contributed by atoms with Crippen LogP contribution in [0.15, 0.2) is 36.1 Å². The van der Waals surface area contributed by atoms with E-state index in [0.717, 1.165) is 30.4 Å². The van der Waals surface area contributed by atoms with Gasteiger partial charge in [-0.2, -0.15) is 0 Å². The smallest absolute Gasteiger partial charge is 0.111 e. The van der Waals surface area contributed by atoms with Crippen molar-refractivity contribution in [2.75, 3.05) is 0 Å². The Kier molecular flexibility index (Phi) is 5.18. The average molecular weight is 166 g/mol. The SMILES string of the molecule is C=C/C(C)=C(/CCCC)C(=C)O. The molecule has 0 aromatic rings. The molecule has 0 saturated heterocycles. The third-order valence-electron chi connectivity index (χ3n) is 1.91. The van der Waals surface area contributed by atoms with Gasteiger partial charge in [0.05, 0.1) is 0 Å². The topological polar surface area (TPSA) is 20.2 Å². The van der Waals surface area contributed by atoms with E-state index >= 15 is 0 Å². The molecular weight excluding hydrogens is 148 g/mol. The molecule has 0 amide bonds. The van der Waals surface area contributed by atoms with E-state index in [1.54, 1.807) is 6.08 Å². The Morgan fingerprint density at radius 3 is 2.42 bits per heavy atom. The molecular formula is C11H18O. The lowest BCUT2D eigenvalue weighted by Crippen LogP contribution is -1.91. The molecule has 0 spiro atoms. The van der Waals surface area contributed by atoms with Gasteiger partial charge in [0.2, 0.25) is 0 Å². The number of hydrogen-bond donors (Lipinski definition) is 1. The van der Waals surface area contributed by atoms with E-state index in [1.165, 1.54) is 0 Å². The highest BCUT2D eigenvalue weighted by molar-refractivity contribution is 5.32. The van der Waals surface area contributed by atoms with E-state index in [4.69, 9.17) is 0 Å². The van der Waals surface area contributed by atoms with Gasteiger partial charge in [0.1, 0.15) is 5.76 Å². The van der Waals surface area contributed by atoms with Gasteiger partial charge in [-0.25, -0.2) is 0 Å². The Morgan fingerprint density at radius 1 is 1.50 bits per heavy atom. The molecule has 0 aliphatic carbocycles. The summed E-state index contributed by atoms with van der Waals surface area (Å²) < 4.78 is 0. The fourth-order valence-corrected chi connectivity index (χ4v) is 1.05. The average Bonchev–Trinajstić information content (AvgIpc) is 2.04. The summed E-state index contributed by atoms with van der Waals surface area (Å²) in [4.78, 5) is 0. The standard InChI is InChI=1S/C11H18O/c1-5-7-8-11(10(4)12)9(3)6-2/h6,12H,2,4-5,7-8H2,1,3H3/b11-9-. The first kappa shape index (κ1) is 11.0. The van der Waals surface area contributed by atoms with E-state index in [2.05, 4.69) is 20.1 Å². The fraction of sp³-hybridized carbons (Fsp3) is 0.455. The zero-order valence-electron chi connectivity index (χ0n) is 8.06. The molecule has 0 rings (SSSR count). The minimum Gasteiger partial charge on any atom is -0.508 e. The summed E-state index contributed by atoms with van der Waals surface area (Å²) in [5.74, 6) is 0.181. The molecule has 0 bridgehead atoms. The summed E-state index contributed by atoms with van der Waals surface area (Å²) >= 11 is 0. The zero-order chi connectivity index (χ0) is 9.56. The van der Waals surface area contributed by atoms with Crippen LogP contribution in [0.3, 0.4) is 0 Å². The first-order valence-electron chi connectivity index (χ1n) is 4.33. The Bertz CT molecular complexity index is 199. The third kappa shape index (κ3) is 3.42. The summed E-state index contributed by atoms with van der Waals surface area (Å²) in [6, 6.07) is 0. The highest BCUT2D eigenvalue weighted by Gasteiger charge is 2.02. The highest BCUT2D eigenvalue weighted by Crippen LogP contribution is 2.18. The molecule has 0 aliphatic rings. The number of aliphatic hydroxyl groups excluding tert-OH is 1. The summed E-state index contributed by atoms with van der Waals surface area (Å²) in [7, 11) is 0. The van der Waals surface area contributed by atoms with Crippen molar-refractivity contribution in [2.45, 2.75) is 33.1 Å². The van der Waals surface area contributed by atoms with Crippen LogP contribution in [-0.2, 0) is 0 Å². The summed E-state index contributed by atoms with van der Waals surface area (Å²) in [5, 5.41) is 9.24. The fourth-order valence-electron chi connectivity index (χ4n) is 1.05. The molecule has 0 unspecified atom stereocenters. The maximum absolute atomic E-state index is 9.24. The van der Waals surface area contributed by atoms with Crippen molar-refractivity contribution >= 4 is 0 Å². The van der Waals surface area contributed by atoms with E-state index in [9.17, 15) is 5.11 Å². The summed E-state index contributed by atoms with van der Waals surface area (Å²) in [6.45, 7) is 11.3. The van der Waals surface area contributed by atoms with Gasteiger partial charge in [-0.1, -0.05) is 32.6 Å². The molecule has 0 saturated carbocycles. The molecule has 0 fully saturated rings. The number of hydrogen-bond acceptors (Lipinski definition) is 1. The zero-order valence-corrected chi connectivity index (χ0v) is 8.06. The minimum atomic E-state index is 0.181. The van der Waals surface area contributed by atoms with Gasteiger partial charge in [-0.05, 0) is 30.9 Å². The van der Waals surface area contributed by atoms with Crippen LogP contribution in [0.2, 0.25) is 0 Å². The first-order chi connectivity index (χ1) is 5.63. The monoisotopic (exact) mass is 166 g/mol. The van der Waals surface area contributed by atoms with Crippen molar-refractivity contribution < 1.29 is 5.11 Å². The van der Waals surface area contributed by atoms with Crippen LogP contribution < -0.4 is 0 Å². The number of allylic oxidation sites excluding steroid dienone is 3. The van der Waals surface area contributed by atoms with E-state index in [1.807, 2.05) is 6.92 Å². The van der Waals surface area contributed by atoms with Gasteiger partial charge in [-0.15, -0.1) is 0 Å². The van der Waals surface area contributed by atoms with Crippen LogP contribution >= 0.6 is 0 Å². The molecule has 0 aliphatic heterocycles. The van der Waals surface area contributed by atoms with Crippen molar-refractivity contribution in [1.82, 2.24) is 0 Å². The predicted molar refractivity (Wildman–Crippen MR) is 54.2 cm³/mol. The van der Waals surface area contributed by atoms with Gasteiger partial charge in [0, 0.05) is 0 Å². The molecule has 1 N–H and O–H groups in total. The molecule has 1 heteroatoms. The maximum atomic E-state index is 9.24. The van der Waals surface area contributed by atoms with Crippen LogP contribution in [-0.4, -0.2) is 5.11 Å². The van der Waals surface area contributed by atoms with Crippen LogP contribution in [0, 0.1) is 0 Å². The highest BCUT2D eigenvalue weighted by atomic mass is 16.3.